The molecule has 136 valence electrons. The molecule has 0 radical (unpaired) electrons. The maximum atomic E-state index is 13.1. The average molecular weight is 381 g/mol. The number of fused-ring (bicyclic) bond motifs is 2. The molecule has 3 aromatic heterocycles. The Hall–Kier alpha value is -3.26. The van der Waals surface area contributed by atoms with Gasteiger partial charge in [-0.15, -0.1) is 0 Å². The molecule has 4 rings (SSSR count). The second-order valence-electron chi connectivity index (χ2n) is 6.31. The summed E-state index contributed by atoms with van der Waals surface area (Å²) in [6, 6.07) is 12.9. The van der Waals surface area contributed by atoms with Crippen molar-refractivity contribution in [1.82, 2.24) is 9.38 Å². The van der Waals surface area contributed by atoms with Crippen LogP contribution in [0.1, 0.15) is 5.56 Å². The monoisotopic (exact) mass is 381 g/mol. The van der Waals surface area contributed by atoms with Crippen molar-refractivity contribution in [3.63, 3.8) is 0 Å². The molecule has 0 amide bonds. The summed E-state index contributed by atoms with van der Waals surface area (Å²) < 4.78 is 29.0. The van der Waals surface area contributed by atoms with Crippen LogP contribution in [0.4, 0.5) is 5.82 Å². The molecule has 0 aliphatic rings. The Morgan fingerprint density at radius 2 is 1.81 bits per heavy atom. The second-order valence-corrected chi connectivity index (χ2v) is 8.23. The lowest BCUT2D eigenvalue weighted by atomic mass is 10.2. The van der Waals surface area contributed by atoms with E-state index < -0.39 is 9.84 Å². The summed E-state index contributed by atoms with van der Waals surface area (Å²) in [6.45, 7) is 1.85. The van der Waals surface area contributed by atoms with Crippen LogP contribution in [0.2, 0.25) is 0 Å². The second kappa shape index (κ2) is 5.88. The molecule has 0 unspecified atom stereocenters. The molecule has 0 spiro atoms. The van der Waals surface area contributed by atoms with Crippen LogP contribution in [0.3, 0.4) is 0 Å². The predicted molar refractivity (Wildman–Crippen MR) is 101 cm³/mol. The number of rotatable bonds is 2. The number of nitrogens with zero attached hydrogens (tertiary/aromatic N) is 3. The van der Waals surface area contributed by atoms with Gasteiger partial charge < -0.3 is 5.73 Å². The van der Waals surface area contributed by atoms with Crippen molar-refractivity contribution in [1.29, 1.82) is 0 Å². The number of pyridine rings is 2. The normalized spacial score (nSPS) is 11.9. The van der Waals surface area contributed by atoms with E-state index in [1.54, 1.807) is 37.5 Å². The van der Waals surface area contributed by atoms with Gasteiger partial charge in [-0.1, -0.05) is 29.2 Å². The van der Waals surface area contributed by atoms with Gasteiger partial charge in [-0.25, -0.2) is 13.0 Å². The fourth-order valence-corrected chi connectivity index (χ4v) is 4.56. The van der Waals surface area contributed by atoms with Crippen molar-refractivity contribution in [3.8, 4) is 0 Å². The molecule has 0 aliphatic heterocycles. The molecule has 0 fully saturated rings. The standard InChI is InChI=1S/C19H16N4O3S/c1-12-7-6-10-23-17(12)21-18-14(19(23)24)11-15(16(20)22(18)2)27(25,26)13-8-4-3-5-9-13/h3-11,20H,1-2H3/p+1. The van der Waals surface area contributed by atoms with Gasteiger partial charge in [-0.2, -0.15) is 0 Å². The van der Waals surface area contributed by atoms with Gasteiger partial charge in [0, 0.05) is 11.8 Å². The van der Waals surface area contributed by atoms with E-state index in [1.165, 1.54) is 27.2 Å². The third-order valence-corrected chi connectivity index (χ3v) is 6.41. The number of aryl methyl sites for hydroxylation is 2. The quantitative estimate of drug-likeness (QED) is 0.418. The third kappa shape index (κ3) is 2.48. The third-order valence-electron chi connectivity index (χ3n) is 4.61. The molecule has 0 aliphatic carbocycles. The van der Waals surface area contributed by atoms with E-state index in [9.17, 15) is 13.2 Å². The Morgan fingerprint density at radius 3 is 2.52 bits per heavy atom. The van der Waals surface area contributed by atoms with E-state index in [-0.39, 0.29) is 26.6 Å². The first-order chi connectivity index (χ1) is 12.8. The summed E-state index contributed by atoms with van der Waals surface area (Å²) in [5, 5.41) is 0.185. The lowest BCUT2D eigenvalue weighted by Crippen LogP contribution is -2.38. The van der Waals surface area contributed by atoms with Gasteiger partial charge in [0.15, 0.2) is 0 Å². The number of hydrogen-bond acceptors (Lipinski definition) is 5. The van der Waals surface area contributed by atoms with Gasteiger partial charge in [0.1, 0.15) is 10.3 Å². The minimum absolute atomic E-state index is 0.0242. The number of aromatic nitrogens is 3. The average Bonchev–Trinajstić information content (AvgIpc) is 2.66. The van der Waals surface area contributed by atoms with E-state index in [4.69, 9.17) is 5.73 Å². The molecule has 1 aromatic carbocycles. The summed E-state index contributed by atoms with van der Waals surface area (Å²) in [5.41, 5.74) is 7.46. The van der Waals surface area contributed by atoms with Gasteiger partial charge >= 0.3 is 0 Å². The first-order valence-corrected chi connectivity index (χ1v) is 9.71. The molecular formula is C19H17N4O3S+. The zero-order chi connectivity index (χ0) is 19.3. The number of nitrogen functional groups attached to an aromatic ring is 1. The molecule has 2 N–H and O–H groups in total. The molecule has 0 atom stereocenters. The van der Waals surface area contributed by atoms with Gasteiger partial charge in [0.2, 0.25) is 21.3 Å². The van der Waals surface area contributed by atoms with Crippen LogP contribution in [0, 0.1) is 6.92 Å². The summed E-state index contributed by atoms with van der Waals surface area (Å²) in [4.78, 5) is 17.5. The molecule has 0 saturated heterocycles. The molecule has 8 heteroatoms. The van der Waals surface area contributed by atoms with Gasteiger partial charge in [-0.3, -0.25) is 9.20 Å². The highest BCUT2D eigenvalue weighted by Gasteiger charge is 2.28. The summed E-state index contributed by atoms with van der Waals surface area (Å²) >= 11 is 0. The molecule has 0 bridgehead atoms. The number of benzene rings is 1. The topological polar surface area (TPSA) is 98.4 Å². The SMILES string of the molecule is Cc1cccn2c(=O)c3cc(S(=O)(=O)c4ccccc4)c(N)[n+](C)c3nc12. The zero-order valence-corrected chi connectivity index (χ0v) is 15.6. The molecule has 3 heterocycles. The summed E-state index contributed by atoms with van der Waals surface area (Å²) in [5.74, 6) is 0.0242. The highest BCUT2D eigenvalue weighted by Crippen LogP contribution is 2.25. The Balaban J connectivity index is 2.14. The summed E-state index contributed by atoms with van der Waals surface area (Å²) in [7, 11) is -2.28. The molecule has 27 heavy (non-hydrogen) atoms. The number of anilines is 1. The molecule has 4 aromatic rings. The Kier molecular flexibility index (Phi) is 3.74. The smallest absolute Gasteiger partial charge is 0.278 e. The number of sulfone groups is 1. The van der Waals surface area contributed by atoms with Crippen molar-refractivity contribution < 1.29 is 13.0 Å². The van der Waals surface area contributed by atoms with E-state index in [0.717, 1.165) is 5.56 Å². The minimum atomic E-state index is -3.88. The number of nitrogens with two attached hydrogens (primary N) is 1. The van der Waals surface area contributed by atoms with E-state index >= 15 is 0 Å². The van der Waals surface area contributed by atoms with Crippen LogP contribution in [-0.2, 0) is 16.9 Å². The van der Waals surface area contributed by atoms with Crippen LogP contribution in [0.15, 0.2) is 69.3 Å². The first kappa shape index (κ1) is 17.2. The minimum Gasteiger partial charge on any atom is -0.317 e. The number of hydrogen-bond donors (Lipinski definition) is 1. The molecule has 0 saturated carbocycles. The lowest BCUT2D eigenvalue weighted by molar-refractivity contribution is -0.633. The zero-order valence-electron chi connectivity index (χ0n) is 14.7. The van der Waals surface area contributed by atoms with Crippen molar-refractivity contribution in [2.45, 2.75) is 16.7 Å². The molecular weight excluding hydrogens is 364 g/mol. The van der Waals surface area contributed by atoms with Crippen molar-refractivity contribution in [2.75, 3.05) is 5.73 Å². The maximum absolute atomic E-state index is 13.1. The van der Waals surface area contributed by atoms with Gasteiger partial charge in [-0.05, 0) is 31.2 Å². The van der Waals surface area contributed by atoms with E-state index in [0.29, 0.717) is 11.3 Å². The van der Waals surface area contributed by atoms with E-state index in [2.05, 4.69) is 4.98 Å². The molecule has 7 nitrogen and oxygen atoms in total. The largest absolute Gasteiger partial charge is 0.317 e. The Morgan fingerprint density at radius 1 is 1.11 bits per heavy atom. The van der Waals surface area contributed by atoms with Crippen LogP contribution in [0.5, 0.6) is 0 Å². The van der Waals surface area contributed by atoms with Gasteiger partial charge in [0.05, 0.1) is 11.9 Å². The van der Waals surface area contributed by atoms with E-state index in [1.807, 2.05) is 13.0 Å². The lowest BCUT2D eigenvalue weighted by Gasteiger charge is -2.10. The maximum Gasteiger partial charge on any atom is 0.278 e. The van der Waals surface area contributed by atoms with Crippen LogP contribution < -0.4 is 15.9 Å². The fourth-order valence-electron chi connectivity index (χ4n) is 3.11. The van der Waals surface area contributed by atoms with Crippen molar-refractivity contribution in [3.05, 3.63) is 70.6 Å². The van der Waals surface area contributed by atoms with Crippen LogP contribution in [-0.4, -0.2) is 17.8 Å². The first-order valence-electron chi connectivity index (χ1n) is 8.22. The highest BCUT2D eigenvalue weighted by atomic mass is 32.2. The Bertz CT molecular complexity index is 1380. The van der Waals surface area contributed by atoms with Crippen LogP contribution in [0.25, 0.3) is 16.7 Å². The highest BCUT2D eigenvalue weighted by molar-refractivity contribution is 7.91. The summed E-state index contributed by atoms with van der Waals surface area (Å²) in [6.07, 6.45) is 1.61. The van der Waals surface area contributed by atoms with Crippen molar-refractivity contribution >= 4 is 32.3 Å². The predicted octanol–water partition coefficient (Wildman–Crippen LogP) is 1.40. The van der Waals surface area contributed by atoms with Gasteiger partial charge in [0.25, 0.3) is 11.2 Å². The Labute approximate surface area is 155 Å². The van der Waals surface area contributed by atoms with Crippen molar-refractivity contribution in [2.24, 2.45) is 7.05 Å². The van der Waals surface area contributed by atoms with Crippen LogP contribution >= 0.6 is 0 Å². The fraction of sp³-hybridized carbons (Fsp3) is 0.105.